The first-order valence-electron chi connectivity index (χ1n) is 19.5. The predicted molar refractivity (Wildman–Crippen MR) is 235 cm³/mol. The van der Waals surface area contributed by atoms with Gasteiger partial charge in [-0.2, -0.15) is 0 Å². The predicted octanol–water partition coefficient (Wildman–Crippen LogP) is 12.8. The molecule has 7 aromatic carbocycles. The van der Waals surface area contributed by atoms with Crippen LogP contribution in [0.1, 0.15) is 51.3 Å². The van der Waals surface area contributed by atoms with E-state index in [-0.39, 0.29) is 10.8 Å². The van der Waals surface area contributed by atoms with Crippen molar-refractivity contribution in [1.82, 2.24) is 0 Å². The Balaban J connectivity index is 1.28. The van der Waals surface area contributed by atoms with Crippen molar-refractivity contribution in [2.24, 2.45) is 0 Å². The largest absolute Gasteiger partial charge is 0.469 e. The van der Waals surface area contributed by atoms with Crippen molar-refractivity contribution in [3.05, 3.63) is 162 Å². The Hall–Kier alpha value is -6.46. The minimum absolute atomic E-state index is 0.0391. The van der Waals surface area contributed by atoms with E-state index >= 15 is 0 Å². The quantitative estimate of drug-likeness (QED) is 0.184. The van der Waals surface area contributed by atoms with E-state index in [9.17, 15) is 0 Å². The topological polar surface area (TPSA) is 41.6 Å². The summed E-state index contributed by atoms with van der Waals surface area (Å²) < 4.78 is 13.7. The zero-order valence-corrected chi connectivity index (χ0v) is 32.2. The summed E-state index contributed by atoms with van der Waals surface area (Å²) in [4.78, 5) is 2.43. The average Bonchev–Trinajstić information content (AvgIpc) is 3.77. The molecule has 0 atom stereocenters. The number of fused-ring (bicyclic) bond motifs is 9. The summed E-state index contributed by atoms with van der Waals surface area (Å²) in [5.41, 5.74) is 18.0. The molecule has 0 saturated carbocycles. The van der Waals surface area contributed by atoms with Crippen molar-refractivity contribution in [3.63, 3.8) is 0 Å². The van der Waals surface area contributed by atoms with Gasteiger partial charge in [-0.3, -0.25) is 0 Å². The number of benzene rings is 7. The second-order valence-electron chi connectivity index (χ2n) is 16.8. The van der Waals surface area contributed by atoms with Crippen LogP contribution in [0.5, 0.6) is 0 Å². The van der Waals surface area contributed by atoms with E-state index in [1.54, 1.807) is 0 Å². The zero-order chi connectivity index (χ0) is 37.9. The van der Waals surface area contributed by atoms with Crippen LogP contribution in [0.2, 0.25) is 0 Å². The molecule has 4 nitrogen and oxygen atoms in total. The molecule has 2 aliphatic heterocycles. The molecule has 5 heteroatoms. The molecule has 11 rings (SSSR count). The number of rotatable bonds is 3. The Morgan fingerprint density at radius 3 is 2.11 bits per heavy atom. The Bertz CT molecular complexity index is 3050. The number of anilines is 5. The standard InChI is InChI=1S/C51H40BN2O2/c1-50(2,3)31-26-27-39(35(28-31)30-16-7-6-8-17-30)54-40-29-43-44(32-18-9-13-24-41(32)55-43)45(46(40)52-49-48(54)33-19-10-14-25-42(33)56-49)34-20-15-22-37-47(34)53-38-23-12-11-21-36(38)51(37,4)5/h6-29,53H,1-5H3. The molecular weight excluding hydrogens is 683 g/mol. The highest BCUT2D eigenvalue weighted by molar-refractivity contribution is 6.73. The van der Waals surface area contributed by atoms with Crippen molar-refractivity contribution >= 4 is 79.7 Å². The van der Waals surface area contributed by atoms with Gasteiger partial charge in [0.25, 0.3) is 0 Å². The highest BCUT2D eigenvalue weighted by Crippen LogP contribution is 2.52. The van der Waals surface area contributed by atoms with E-state index < -0.39 is 0 Å². The van der Waals surface area contributed by atoms with Gasteiger partial charge in [-0.1, -0.05) is 138 Å². The molecule has 2 aliphatic rings. The van der Waals surface area contributed by atoms with Crippen LogP contribution in [0.4, 0.5) is 28.4 Å². The van der Waals surface area contributed by atoms with Crippen molar-refractivity contribution in [2.75, 3.05) is 10.2 Å². The van der Waals surface area contributed by atoms with E-state index in [4.69, 9.17) is 8.83 Å². The second kappa shape index (κ2) is 11.8. The van der Waals surface area contributed by atoms with Crippen LogP contribution in [0.15, 0.2) is 154 Å². The van der Waals surface area contributed by atoms with Crippen LogP contribution in [0.25, 0.3) is 55.2 Å². The van der Waals surface area contributed by atoms with Crippen LogP contribution in [0, 0.1) is 0 Å². The minimum Gasteiger partial charge on any atom is -0.469 e. The molecule has 0 saturated heterocycles. The highest BCUT2D eigenvalue weighted by atomic mass is 16.3. The van der Waals surface area contributed by atoms with Crippen LogP contribution in [-0.4, -0.2) is 7.28 Å². The van der Waals surface area contributed by atoms with E-state index in [0.29, 0.717) is 0 Å². The maximum Gasteiger partial charge on any atom is 0.247 e. The smallest absolute Gasteiger partial charge is 0.247 e. The monoisotopic (exact) mass is 723 g/mol. The van der Waals surface area contributed by atoms with Crippen LogP contribution in [-0.2, 0) is 10.8 Å². The molecule has 1 radical (unpaired) electrons. The molecule has 0 unspecified atom stereocenters. The summed E-state index contributed by atoms with van der Waals surface area (Å²) in [7, 11) is 2.27. The number of nitrogens with one attached hydrogen (secondary N) is 1. The number of nitrogens with zero attached hydrogens (tertiary/aromatic N) is 1. The molecule has 2 aromatic heterocycles. The van der Waals surface area contributed by atoms with Gasteiger partial charge in [0.15, 0.2) is 0 Å². The van der Waals surface area contributed by atoms with Gasteiger partial charge in [0.05, 0.1) is 22.7 Å². The lowest BCUT2D eigenvalue weighted by Crippen LogP contribution is -2.40. The Morgan fingerprint density at radius 2 is 1.30 bits per heavy atom. The summed E-state index contributed by atoms with van der Waals surface area (Å²) in [6.45, 7) is 11.5. The number of furan rings is 2. The Morgan fingerprint density at radius 1 is 0.607 bits per heavy atom. The van der Waals surface area contributed by atoms with Gasteiger partial charge >= 0.3 is 0 Å². The molecule has 0 spiro atoms. The first-order chi connectivity index (χ1) is 27.2. The average molecular weight is 724 g/mol. The minimum atomic E-state index is -0.222. The van der Waals surface area contributed by atoms with Gasteiger partial charge in [-0.05, 0) is 75.1 Å². The van der Waals surface area contributed by atoms with Crippen LogP contribution in [0.3, 0.4) is 0 Å². The summed E-state index contributed by atoms with van der Waals surface area (Å²) in [5, 5.41) is 7.17. The molecule has 9 aromatic rings. The molecule has 4 heterocycles. The molecule has 0 amide bonds. The fourth-order valence-corrected chi connectivity index (χ4v) is 9.26. The second-order valence-corrected chi connectivity index (χ2v) is 16.8. The Kier molecular flexibility index (Phi) is 6.92. The molecule has 269 valence electrons. The van der Waals surface area contributed by atoms with E-state index in [0.717, 1.165) is 94.7 Å². The lowest BCUT2D eigenvalue weighted by Gasteiger charge is -2.38. The van der Waals surface area contributed by atoms with Gasteiger partial charge in [-0.25, -0.2) is 0 Å². The van der Waals surface area contributed by atoms with Gasteiger partial charge in [0.1, 0.15) is 16.7 Å². The van der Waals surface area contributed by atoms with Gasteiger partial charge in [0.2, 0.25) is 7.28 Å². The third kappa shape index (κ3) is 4.73. The fraction of sp³-hybridized carbons (Fsp3) is 0.137. The normalized spacial score (nSPS) is 14.2. The summed E-state index contributed by atoms with van der Waals surface area (Å²) >= 11 is 0. The van der Waals surface area contributed by atoms with Gasteiger partial charge < -0.3 is 19.1 Å². The van der Waals surface area contributed by atoms with Crippen molar-refractivity contribution < 1.29 is 8.83 Å². The van der Waals surface area contributed by atoms with Crippen LogP contribution < -0.4 is 21.3 Å². The summed E-state index contributed by atoms with van der Waals surface area (Å²) in [6, 6.07) is 52.3. The zero-order valence-electron chi connectivity index (χ0n) is 32.2. The number of hydrogen-bond donors (Lipinski definition) is 1. The summed E-state index contributed by atoms with van der Waals surface area (Å²) in [5.74, 6) is 0. The summed E-state index contributed by atoms with van der Waals surface area (Å²) in [6.07, 6.45) is 0. The molecule has 0 fully saturated rings. The van der Waals surface area contributed by atoms with Crippen molar-refractivity contribution in [1.29, 1.82) is 0 Å². The molecule has 0 aliphatic carbocycles. The Labute approximate surface area is 327 Å². The SMILES string of the molecule is CC(C)(C)c1ccc(N2c3cc4oc5ccccc5c4c(-c4cccc5c4Nc4ccccc4C5(C)C)c3[B]c3oc4ccccc4c32)c(-c2ccccc2)c1. The van der Waals surface area contributed by atoms with Gasteiger partial charge in [-0.15, -0.1) is 0 Å². The van der Waals surface area contributed by atoms with E-state index in [2.05, 4.69) is 198 Å². The van der Waals surface area contributed by atoms with Gasteiger partial charge in [0, 0.05) is 50.1 Å². The number of hydrogen-bond acceptors (Lipinski definition) is 4. The van der Waals surface area contributed by atoms with E-state index in [1.165, 1.54) is 16.7 Å². The lowest BCUT2D eigenvalue weighted by atomic mass is 9.60. The first kappa shape index (κ1) is 32.9. The molecule has 0 bridgehead atoms. The lowest BCUT2D eigenvalue weighted by molar-refractivity contribution is 0.590. The molecule has 1 N–H and O–H groups in total. The third-order valence-electron chi connectivity index (χ3n) is 12.1. The van der Waals surface area contributed by atoms with Crippen LogP contribution >= 0.6 is 0 Å². The van der Waals surface area contributed by atoms with Crippen molar-refractivity contribution in [3.8, 4) is 22.3 Å². The van der Waals surface area contributed by atoms with E-state index in [1.807, 2.05) is 0 Å². The first-order valence-corrected chi connectivity index (χ1v) is 19.5. The number of para-hydroxylation sites is 4. The molecule has 56 heavy (non-hydrogen) atoms. The van der Waals surface area contributed by atoms with Crippen molar-refractivity contribution in [2.45, 2.75) is 45.4 Å². The fourth-order valence-electron chi connectivity index (χ4n) is 9.26. The maximum absolute atomic E-state index is 6.86. The highest BCUT2D eigenvalue weighted by Gasteiger charge is 2.38. The maximum atomic E-state index is 6.86. The molecular formula is C51H40BN2O2. The third-order valence-corrected chi connectivity index (χ3v) is 12.1.